The van der Waals surface area contributed by atoms with Crippen LogP contribution >= 0.6 is 0 Å². The average molecular weight is 275 g/mol. The minimum Gasteiger partial charge on any atom is -0.393 e. The second-order valence-corrected chi connectivity index (χ2v) is 3.91. The summed E-state index contributed by atoms with van der Waals surface area (Å²) < 4.78 is 37.4. The van der Waals surface area contributed by atoms with Crippen molar-refractivity contribution in [1.82, 2.24) is 0 Å². The SMILES string of the molecule is C/C(=N\OC(C)C)c1cccc(C(F)(F)F)c1.CC. The normalized spacial score (nSPS) is 11.9. The zero-order valence-electron chi connectivity index (χ0n) is 11.9. The zero-order chi connectivity index (χ0) is 15.1. The van der Waals surface area contributed by atoms with E-state index in [0.717, 1.165) is 12.1 Å². The van der Waals surface area contributed by atoms with Gasteiger partial charge in [-0.1, -0.05) is 31.1 Å². The number of benzene rings is 1. The van der Waals surface area contributed by atoms with Crippen LogP contribution in [0.4, 0.5) is 13.2 Å². The molecule has 0 aliphatic rings. The van der Waals surface area contributed by atoms with Crippen LogP contribution in [0.2, 0.25) is 0 Å². The maximum atomic E-state index is 12.5. The van der Waals surface area contributed by atoms with Gasteiger partial charge in [-0.3, -0.25) is 0 Å². The van der Waals surface area contributed by atoms with Crippen molar-refractivity contribution in [3.05, 3.63) is 35.4 Å². The molecular formula is C14H20F3NO. The van der Waals surface area contributed by atoms with Gasteiger partial charge in [0.15, 0.2) is 0 Å². The summed E-state index contributed by atoms with van der Waals surface area (Å²) in [7, 11) is 0. The van der Waals surface area contributed by atoms with Gasteiger partial charge in [0.25, 0.3) is 0 Å². The minimum absolute atomic E-state index is 0.101. The molecule has 0 aromatic heterocycles. The molecular weight excluding hydrogens is 255 g/mol. The molecule has 0 bridgehead atoms. The molecule has 19 heavy (non-hydrogen) atoms. The van der Waals surface area contributed by atoms with E-state index in [1.807, 2.05) is 13.8 Å². The Bertz CT molecular complexity index is 411. The van der Waals surface area contributed by atoms with Crippen LogP contribution in [-0.4, -0.2) is 11.8 Å². The fraction of sp³-hybridized carbons (Fsp3) is 0.500. The van der Waals surface area contributed by atoms with Gasteiger partial charge in [0.1, 0.15) is 6.10 Å². The Morgan fingerprint density at radius 3 is 2.26 bits per heavy atom. The highest BCUT2D eigenvalue weighted by Gasteiger charge is 2.30. The van der Waals surface area contributed by atoms with Gasteiger partial charge < -0.3 is 4.84 Å². The Morgan fingerprint density at radius 2 is 1.79 bits per heavy atom. The number of oxime groups is 1. The molecule has 0 N–H and O–H groups in total. The van der Waals surface area contributed by atoms with Crippen LogP contribution < -0.4 is 0 Å². The molecule has 0 aliphatic heterocycles. The van der Waals surface area contributed by atoms with Crippen LogP contribution in [0.25, 0.3) is 0 Å². The summed E-state index contributed by atoms with van der Waals surface area (Å²) in [6, 6.07) is 5.01. The van der Waals surface area contributed by atoms with E-state index in [1.165, 1.54) is 6.07 Å². The van der Waals surface area contributed by atoms with Crippen molar-refractivity contribution in [3.63, 3.8) is 0 Å². The fourth-order valence-electron chi connectivity index (χ4n) is 1.16. The lowest BCUT2D eigenvalue weighted by Crippen LogP contribution is -2.07. The third kappa shape index (κ3) is 6.27. The smallest absolute Gasteiger partial charge is 0.393 e. The van der Waals surface area contributed by atoms with Gasteiger partial charge in [-0.05, 0) is 38.5 Å². The predicted octanol–water partition coefficient (Wildman–Crippen LogP) is 4.88. The highest BCUT2D eigenvalue weighted by Crippen LogP contribution is 2.29. The molecule has 108 valence electrons. The molecule has 1 aromatic rings. The molecule has 0 atom stereocenters. The van der Waals surface area contributed by atoms with E-state index < -0.39 is 11.7 Å². The van der Waals surface area contributed by atoms with Crippen molar-refractivity contribution < 1.29 is 18.0 Å². The van der Waals surface area contributed by atoms with Gasteiger partial charge in [-0.25, -0.2) is 0 Å². The van der Waals surface area contributed by atoms with E-state index in [9.17, 15) is 13.2 Å². The second kappa shape index (κ2) is 7.81. The highest BCUT2D eigenvalue weighted by atomic mass is 19.4. The number of nitrogens with zero attached hydrogens (tertiary/aromatic N) is 1. The lowest BCUT2D eigenvalue weighted by molar-refractivity contribution is -0.137. The Balaban J connectivity index is 0.00000154. The van der Waals surface area contributed by atoms with Crippen molar-refractivity contribution >= 4 is 5.71 Å². The van der Waals surface area contributed by atoms with E-state index in [0.29, 0.717) is 11.3 Å². The quantitative estimate of drug-likeness (QED) is 0.569. The number of hydrogen-bond acceptors (Lipinski definition) is 2. The summed E-state index contributed by atoms with van der Waals surface area (Å²) in [4.78, 5) is 4.99. The first kappa shape index (κ1) is 17.5. The molecule has 0 fully saturated rings. The fourth-order valence-corrected chi connectivity index (χ4v) is 1.16. The first-order valence-corrected chi connectivity index (χ1v) is 6.18. The molecule has 0 saturated heterocycles. The van der Waals surface area contributed by atoms with Gasteiger partial charge in [0, 0.05) is 0 Å². The maximum Gasteiger partial charge on any atom is 0.416 e. The second-order valence-electron chi connectivity index (χ2n) is 3.91. The summed E-state index contributed by atoms with van der Waals surface area (Å²) in [6.45, 7) is 9.20. The topological polar surface area (TPSA) is 21.6 Å². The number of hydrogen-bond donors (Lipinski definition) is 0. The van der Waals surface area contributed by atoms with Crippen LogP contribution in [0.1, 0.15) is 45.7 Å². The van der Waals surface area contributed by atoms with Crippen LogP contribution in [0, 0.1) is 0 Å². The van der Waals surface area contributed by atoms with Crippen molar-refractivity contribution in [3.8, 4) is 0 Å². The van der Waals surface area contributed by atoms with Gasteiger partial charge in [0.2, 0.25) is 0 Å². The van der Waals surface area contributed by atoms with E-state index >= 15 is 0 Å². The summed E-state index contributed by atoms with van der Waals surface area (Å²) in [6.07, 6.45) is -4.44. The largest absolute Gasteiger partial charge is 0.416 e. The molecule has 2 nitrogen and oxygen atoms in total. The molecule has 0 aliphatic carbocycles. The van der Waals surface area contributed by atoms with E-state index in [2.05, 4.69) is 5.16 Å². The summed E-state index contributed by atoms with van der Waals surface area (Å²) in [5, 5.41) is 3.77. The summed E-state index contributed by atoms with van der Waals surface area (Å²) in [5.41, 5.74) is 0.138. The first-order valence-electron chi connectivity index (χ1n) is 6.18. The standard InChI is InChI=1S/C12H14F3NO.C2H6/c1-8(2)17-16-9(3)10-5-4-6-11(7-10)12(13,14)15;1-2/h4-8H,1-3H3;1-2H3/b16-9+;. The highest BCUT2D eigenvalue weighted by molar-refractivity contribution is 5.98. The summed E-state index contributed by atoms with van der Waals surface area (Å²) >= 11 is 0. The Labute approximate surface area is 112 Å². The lowest BCUT2D eigenvalue weighted by atomic mass is 10.1. The van der Waals surface area contributed by atoms with Crippen LogP contribution in [0.3, 0.4) is 0 Å². The molecule has 0 unspecified atom stereocenters. The lowest BCUT2D eigenvalue weighted by Gasteiger charge is -2.09. The van der Waals surface area contributed by atoms with Gasteiger partial charge >= 0.3 is 6.18 Å². The Morgan fingerprint density at radius 1 is 1.21 bits per heavy atom. The van der Waals surface area contributed by atoms with Crippen LogP contribution in [0.5, 0.6) is 0 Å². The maximum absolute atomic E-state index is 12.5. The van der Waals surface area contributed by atoms with E-state index in [4.69, 9.17) is 4.84 Å². The van der Waals surface area contributed by atoms with E-state index in [-0.39, 0.29) is 6.10 Å². The van der Waals surface area contributed by atoms with Crippen molar-refractivity contribution in [1.29, 1.82) is 0 Å². The van der Waals surface area contributed by atoms with Gasteiger partial charge in [-0.2, -0.15) is 13.2 Å². The number of halogens is 3. The van der Waals surface area contributed by atoms with E-state index in [1.54, 1.807) is 26.8 Å². The molecule has 5 heteroatoms. The van der Waals surface area contributed by atoms with Crippen molar-refractivity contribution in [2.24, 2.45) is 5.16 Å². The van der Waals surface area contributed by atoms with Gasteiger partial charge in [0.05, 0.1) is 11.3 Å². The van der Waals surface area contributed by atoms with Crippen LogP contribution in [0.15, 0.2) is 29.4 Å². The summed E-state index contributed by atoms with van der Waals surface area (Å²) in [5.74, 6) is 0. The molecule has 0 spiro atoms. The molecule has 1 aromatic carbocycles. The first-order chi connectivity index (χ1) is 8.80. The molecule has 1 rings (SSSR count). The third-order valence-electron chi connectivity index (χ3n) is 2.01. The molecule has 0 heterocycles. The Hall–Kier alpha value is -1.52. The molecule has 0 amide bonds. The zero-order valence-corrected chi connectivity index (χ0v) is 11.9. The minimum atomic E-state index is -4.34. The Kier molecular flexibility index (Phi) is 7.19. The van der Waals surface area contributed by atoms with Crippen LogP contribution in [-0.2, 0) is 11.0 Å². The average Bonchev–Trinajstić information content (AvgIpc) is 2.37. The predicted molar refractivity (Wildman–Crippen MR) is 71.2 cm³/mol. The monoisotopic (exact) mass is 275 g/mol. The van der Waals surface area contributed by atoms with Crippen molar-refractivity contribution in [2.75, 3.05) is 0 Å². The third-order valence-corrected chi connectivity index (χ3v) is 2.01. The van der Waals surface area contributed by atoms with Gasteiger partial charge in [-0.15, -0.1) is 0 Å². The van der Waals surface area contributed by atoms with Crippen molar-refractivity contribution in [2.45, 2.75) is 46.9 Å². The molecule has 0 saturated carbocycles. The number of rotatable bonds is 3. The number of alkyl halides is 3. The molecule has 0 radical (unpaired) electrons.